The minimum absolute atomic E-state index is 0.593. The van der Waals surface area contributed by atoms with Crippen molar-refractivity contribution in [3.63, 3.8) is 0 Å². The van der Waals surface area contributed by atoms with Crippen LogP contribution in [0.15, 0.2) is 53.5 Å². The Hall–Kier alpha value is -2.40. The number of benzene rings is 2. The molecule has 0 N–H and O–H groups in total. The fraction of sp³-hybridized carbons (Fsp3) is 0.0667. The summed E-state index contributed by atoms with van der Waals surface area (Å²) in [5.74, 6) is 0. The summed E-state index contributed by atoms with van der Waals surface area (Å²) in [6.45, 7) is 2.05. The molecule has 0 saturated carbocycles. The summed E-state index contributed by atoms with van der Waals surface area (Å²) in [6.07, 6.45) is 1.77. The largest absolute Gasteiger partial charge is 0.255 e. The standard InChI is InChI=1S/C15H12N2/c1-12-6-8-13(9-7-12)11-17-15-5-3-2-4-14(15)10-16/h2-9,11H,1H3/b17-11+. The smallest absolute Gasteiger partial charge is 0.101 e. The fourth-order valence-corrected chi connectivity index (χ4v) is 1.48. The van der Waals surface area contributed by atoms with E-state index in [2.05, 4.69) is 11.1 Å². The Bertz CT molecular complexity index is 575. The van der Waals surface area contributed by atoms with Crippen LogP contribution in [-0.2, 0) is 0 Å². The molecule has 0 aliphatic heterocycles. The minimum Gasteiger partial charge on any atom is -0.255 e. The van der Waals surface area contributed by atoms with E-state index in [1.165, 1.54) is 5.56 Å². The number of rotatable bonds is 2. The first-order chi connectivity index (χ1) is 8.29. The predicted molar refractivity (Wildman–Crippen MR) is 69.6 cm³/mol. The maximum atomic E-state index is 8.93. The molecular formula is C15H12N2. The van der Waals surface area contributed by atoms with E-state index in [1.54, 1.807) is 12.3 Å². The third-order valence-electron chi connectivity index (χ3n) is 2.45. The molecule has 0 amide bonds. The van der Waals surface area contributed by atoms with Gasteiger partial charge in [-0.25, -0.2) is 0 Å². The van der Waals surface area contributed by atoms with E-state index in [9.17, 15) is 0 Å². The number of nitriles is 1. The van der Waals surface area contributed by atoms with Gasteiger partial charge in [0.15, 0.2) is 0 Å². The molecule has 2 rings (SSSR count). The molecule has 0 bridgehead atoms. The van der Waals surface area contributed by atoms with Crippen molar-refractivity contribution >= 4 is 11.9 Å². The number of aliphatic imine (C=N–C) groups is 1. The van der Waals surface area contributed by atoms with Gasteiger partial charge in [0.1, 0.15) is 6.07 Å². The lowest BCUT2D eigenvalue weighted by Crippen LogP contribution is -1.81. The van der Waals surface area contributed by atoms with Crippen LogP contribution in [0.25, 0.3) is 0 Å². The number of hydrogen-bond donors (Lipinski definition) is 0. The summed E-state index contributed by atoms with van der Waals surface area (Å²) in [5.41, 5.74) is 3.55. The molecule has 0 aliphatic rings. The third-order valence-corrected chi connectivity index (χ3v) is 2.45. The van der Waals surface area contributed by atoms with Crippen LogP contribution in [0.2, 0.25) is 0 Å². The van der Waals surface area contributed by atoms with Crippen LogP contribution < -0.4 is 0 Å². The van der Waals surface area contributed by atoms with Gasteiger partial charge in [-0.15, -0.1) is 0 Å². The second kappa shape index (κ2) is 5.09. The molecule has 0 unspecified atom stereocenters. The van der Waals surface area contributed by atoms with E-state index in [0.29, 0.717) is 11.3 Å². The molecule has 2 aromatic carbocycles. The fourth-order valence-electron chi connectivity index (χ4n) is 1.48. The van der Waals surface area contributed by atoms with Crippen molar-refractivity contribution < 1.29 is 0 Å². The highest BCUT2D eigenvalue weighted by Crippen LogP contribution is 2.17. The van der Waals surface area contributed by atoms with E-state index < -0.39 is 0 Å². The van der Waals surface area contributed by atoms with Crippen LogP contribution in [0.5, 0.6) is 0 Å². The Morgan fingerprint density at radius 2 is 1.76 bits per heavy atom. The number of aryl methyl sites for hydroxylation is 1. The predicted octanol–water partition coefficient (Wildman–Crippen LogP) is 3.62. The van der Waals surface area contributed by atoms with Crippen LogP contribution in [0, 0.1) is 18.3 Å². The molecule has 0 fully saturated rings. The Morgan fingerprint density at radius 3 is 2.47 bits per heavy atom. The average molecular weight is 220 g/mol. The van der Waals surface area contributed by atoms with Crippen molar-refractivity contribution in [3.05, 3.63) is 65.2 Å². The summed E-state index contributed by atoms with van der Waals surface area (Å²) < 4.78 is 0. The minimum atomic E-state index is 0.593. The zero-order chi connectivity index (χ0) is 12.1. The van der Waals surface area contributed by atoms with Gasteiger partial charge in [0, 0.05) is 6.21 Å². The molecule has 0 atom stereocenters. The van der Waals surface area contributed by atoms with Crippen LogP contribution in [0.1, 0.15) is 16.7 Å². The topological polar surface area (TPSA) is 36.1 Å². The number of hydrogen-bond acceptors (Lipinski definition) is 2. The highest BCUT2D eigenvalue weighted by molar-refractivity contribution is 5.82. The van der Waals surface area contributed by atoms with Gasteiger partial charge in [0.05, 0.1) is 11.3 Å². The molecule has 17 heavy (non-hydrogen) atoms. The Labute approximate surface area is 101 Å². The highest BCUT2D eigenvalue weighted by Gasteiger charge is 1.96. The van der Waals surface area contributed by atoms with Crippen molar-refractivity contribution in [2.75, 3.05) is 0 Å². The first kappa shape index (κ1) is 11.1. The van der Waals surface area contributed by atoms with Gasteiger partial charge < -0.3 is 0 Å². The quantitative estimate of drug-likeness (QED) is 0.712. The molecule has 2 aromatic rings. The Balaban J connectivity index is 2.26. The van der Waals surface area contributed by atoms with E-state index in [1.807, 2.05) is 49.4 Å². The first-order valence-electron chi connectivity index (χ1n) is 5.39. The zero-order valence-corrected chi connectivity index (χ0v) is 9.59. The van der Waals surface area contributed by atoms with E-state index in [-0.39, 0.29) is 0 Å². The molecule has 0 aliphatic carbocycles. The van der Waals surface area contributed by atoms with Gasteiger partial charge >= 0.3 is 0 Å². The van der Waals surface area contributed by atoms with E-state index >= 15 is 0 Å². The second-order valence-electron chi connectivity index (χ2n) is 3.80. The van der Waals surface area contributed by atoms with Crippen molar-refractivity contribution in [3.8, 4) is 6.07 Å². The Morgan fingerprint density at radius 1 is 1.06 bits per heavy atom. The summed E-state index contributed by atoms with van der Waals surface area (Å²) in [4.78, 5) is 4.33. The lowest BCUT2D eigenvalue weighted by molar-refractivity contribution is 1.43. The molecule has 2 heteroatoms. The second-order valence-corrected chi connectivity index (χ2v) is 3.80. The molecule has 82 valence electrons. The van der Waals surface area contributed by atoms with Crippen LogP contribution >= 0.6 is 0 Å². The summed E-state index contributed by atoms with van der Waals surface area (Å²) in [6, 6.07) is 17.5. The van der Waals surface area contributed by atoms with Crippen molar-refractivity contribution in [2.24, 2.45) is 4.99 Å². The molecule has 0 radical (unpaired) electrons. The third kappa shape index (κ3) is 2.79. The molecule has 2 nitrogen and oxygen atoms in total. The van der Waals surface area contributed by atoms with Crippen LogP contribution in [0.3, 0.4) is 0 Å². The zero-order valence-electron chi connectivity index (χ0n) is 9.59. The number of para-hydroxylation sites is 1. The Kier molecular flexibility index (Phi) is 3.32. The molecule has 0 saturated heterocycles. The molecule has 0 spiro atoms. The normalized spacial score (nSPS) is 10.4. The summed E-state index contributed by atoms with van der Waals surface area (Å²) in [5, 5.41) is 8.93. The number of nitrogens with zero attached hydrogens (tertiary/aromatic N) is 2. The van der Waals surface area contributed by atoms with Gasteiger partial charge in [-0.3, -0.25) is 4.99 Å². The van der Waals surface area contributed by atoms with Gasteiger partial charge in [0.2, 0.25) is 0 Å². The lowest BCUT2D eigenvalue weighted by atomic mass is 10.1. The first-order valence-corrected chi connectivity index (χ1v) is 5.39. The van der Waals surface area contributed by atoms with E-state index in [0.717, 1.165) is 5.56 Å². The molecule has 0 aromatic heterocycles. The van der Waals surface area contributed by atoms with Crippen molar-refractivity contribution in [1.82, 2.24) is 0 Å². The maximum absolute atomic E-state index is 8.93. The van der Waals surface area contributed by atoms with Crippen molar-refractivity contribution in [1.29, 1.82) is 5.26 Å². The SMILES string of the molecule is Cc1ccc(/C=N/c2ccccc2C#N)cc1. The summed E-state index contributed by atoms with van der Waals surface area (Å²) >= 11 is 0. The van der Waals surface area contributed by atoms with Gasteiger partial charge in [0.25, 0.3) is 0 Å². The average Bonchev–Trinajstić information content (AvgIpc) is 2.38. The molecule has 0 heterocycles. The monoisotopic (exact) mass is 220 g/mol. The van der Waals surface area contributed by atoms with Crippen LogP contribution in [0.4, 0.5) is 5.69 Å². The lowest BCUT2D eigenvalue weighted by Gasteiger charge is -1.97. The van der Waals surface area contributed by atoms with Crippen LogP contribution in [-0.4, -0.2) is 6.21 Å². The molecular weight excluding hydrogens is 208 g/mol. The summed E-state index contributed by atoms with van der Waals surface area (Å²) in [7, 11) is 0. The maximum Gasteiger partial charge on any atom is 0.101 e. The van der Waals surface area contributed by atoms with Crippen molar-refractivity contribution in [2.45, 2.75) is 6.92 Å². The highest BCUT2D eigenvalue weighted by atomic mass is 14.7. The van der Waals surface area contributed by atoms with E-state index in [4.69, 9.17) is 5.26 Å². The van der Waals surface area contributed by atoms with Gasteiger partial charge in [-0.2, -0.15) is 5.26 Å². The van der Waals surface area contributed by atoms with Gasteiger partial charge in [-0.1, -0.05) is 42.0 Å². The van der Waals surface area contributed by atoms with Gasteiger partial charge in [-0.05, 0) is 24.6 Å².